The zero-order valence-corrected chi connectivity index (χ0v) is 11.1. The Labute approximate surface area is 109 Å². The summed E-state index contributed by atoms with van der Waals surface area (Å²) in [7, 11) is 0. The van der Waals surface area contributed by atoms with Crippen LogP contribution < -0.4 is 5.32 Å². The number of halogens is 1. The van der Waals surface area contributed by atoms with Crippen LogP contribution in [0.3, 0.4) is 0 Å². The number of benzene rings is 1. The molecule has 0 aliphatic carbocycles. The molecule has 0 fully saturated rings. The quantitative estimate of drug-likeness (QED) is 0.670. The second-order valence-corrected chi connectivity index (χ2v) is 5.01. The van der Waals surface area contributed by atoms with E-state index in [2.05, 4.69) is 33.2 Å². The molecule has 0 atom stereocenters. The summed E-state index contributed by atoms with van der Waals surface area (Å²) in [6.07, 6.45) is 5.15. The van der Waals surface area contributed by atoms with Gasteiger partial charge in [-0.15, -0.1) is 18.2 Å². The maximum Gasteiger partial charge on any atom is 0.101 e. The molecule has 0 unspecified atom stereocenters. The van der Waals surface area contributed by atoms with Crippen molar-refractivity contribution in [2.45, 2.75) is 0 Å². The van der Waals surface area contributed by atoms with Gasteiger partial charge in [0.15, 0.2) is 0 Å². The van der Waals surface area contributed by atoms with Crippen molar-refractivity contribution in [2.24, 2.45) is 0 Å². The lowest BCUT2D eigenvalue weighted by molar-refractivity contribution is 1.22. The van der Waals surface area contributed by atoms with E-state index in [1.807, 2.05) is 12.1 Å². The van der Waals surface area contributed by atoms with Crippen molar-refractivity contribution in [1.29, 1.82) is 5.26 Å². The van der Waals surface area contributed by atoms with Gasteiger partial charge in [-0.3, -0.25) is 0 Å². The molecule has 82 valence electrons. The van der Waals surface area contributed by atoms with Crippen molar-refractivity contribution in [3.8, 4) is 18.4 Å². The van der Waals surface area contributed by atoms with E-state index in [0.717, 1.165) is 28.2 Å². The van der Waals surface area contributed by atoms with Crippen LogP contribution in [0.15, 0.2) is 22.7 Å². The Bertz CT molecular complexity index is 432. The van der Waals surface area contributed by atoms with Crippen molar-refractivity contribution in [3.05, 3.63) is 28.2 Å². The molecule has 2 nitrogen and oxygen atoms in total. The summed E-state index contributed by atoms with van der Waals surface area (Å²) >= 11 is 5.08. The van der Waals surface area contributed by atoms with Crippen LogP contribution in [0.2, 0.25) is 0 Å². The molecule has 0 saturated carbocycles. The number of hydrogen-bond acceptors (Lipinski definition) is 3. The number of hydrogen-bond donors (Lipinski definition) is 1. The molecule has 4 heteroatoms. The fourth-order valence-corrected chi connectivity index (χ4v) is 2.02. The third-order valence-electron chi connectivity index (χ3n) is 1.85. The topological polar surface area (TPSA) is 35.8 Å². The standard InChI is InChI=1S/C12H11BrN2S/c1-2-6-16-7-5-15-12-8-11(13)4-3-10(12)9-14/h1,3-4,8,15H,5-7H2. The molecule has 1 N–H and O–H groups in total. The number of anilines is 1. The summed E-state index contributed by atoms with van der Waals surface area (Å²) in [5, 5.41) is 12.1. The highest BCUT2D eigenvalue weighted by Crippen LogP contribution is 2.20. The monoisotopic (exact) mass is 294 g/mol. The molecule has 0 heterocycles. The highest BCUT2D eigenvalue weighted by molar-refractivity contribution is 9.10. The fourth-order valence-electron chi connectivity index (χ4n) is 1.15. The summed E-state index contributed by atoms with van der Waals surface area (Å²) in [6, 6.07) is 7.71. The van der Waals surface area contributed by atoms with Crippen molar-refractivity contribution >= 4 is 33.4 Å². The molecule has 0 aromatic heterocycles. The van der Waals surface area contributed by atoms with Crippen LogP contribution in [0.4, 0.5) is 5.69 Å². The van der Waals surface area contributed by atoms with Gasteiger partial charge in [-0.1, -0.05) is 21.9 Å². The number of nitrogens with zero attached hydrogens (tertiary/aromatic N) is 1. The second-order valence-electron chi connectivity index (χ2n) is 2.99. The first-order valence-electron chi connectivity index (χ1n) is 4.72. The van der Waals surface area contributed by atoms with Gasteiger partial charge in [0.1, 0.15) is 6.07 Å². The molecule has 0 amide bonds. The van der Waals surface area contributed by atoms with Crippen LogP contribution in [0.25, 0.3) is 0 Å². The molecule has 16 heavy (non-hydrogen) atoms. The molecule has 0 aliphatic rings. The molecular formula is C12H11BrN2S. The Kier molecular flexibility index (Phi) is 5.85. The van der Waals surface area contributed by atoms with Gasteiger partial charge >= 0.3 is 0 Å². The van der Waals surface area contributed by atoms with E-state index in [1.165, 1.54) is 0 Å². The van der Waals surface area contributed by atoms with Crippen molar-refractivity contribution in [2.75, 3.05) is 23.4 Å². The zero-order valence-electron chi connectivity index (χ0n) is 8.66. The van der Waals surface area contributed by atoms with Crippen LogP contribution in [-0.4, -0.2) is 18.1 Å². The predicted octanol–water partition coefficient (Wildman–Crippen LogP) is 3.10. The van der Waals surface area contributed by atoms with E-state index in [4.69, 9.17) is 11.7 Å². The van der Waals surface area contributed by atoms with Gasteiger partial charge < -0.3 is 5.32 Å². The van der Waals surface area contributed by atoms with E-state index in [9.17, 15) is 0 Å². The predicted molar refractivity (Wildman–Crippen MR) is 73.5 cm³/mol. The van der Waals surface area contributed by atoms with Crippen molar-refractivity contribution < 1.29 is 0 Å². The molecule has 0 radical (unpaired) electrons. The van der Waals surface area contributed by atoms with E-state index in [1.54, 1.807) is 17.8 Å². The smallest absolute Gasteiger partial charge is 0.101 e. The number of rotatable bonds is 5. The molecule has 0 saturated heterocycles. The van der Waals surface area contributed by atoms with E-state index < -0.39 is 0 Å². The SMILES string of the molecule is C#CCSCCNc1cc(Br)ccc1C#N. The average molecular weight is 295 g/mol. The molecule has 0 aliphatic heterocycles. The van der Waals surface area contributed by atoms with Gasteiger partial charge in [0.05, 0.1) is 17.0 Å². The number of terminal acetylenes is 1. The van der Waals surface area contributed by atoms with Crippen LogP contribution in [0.1, 0.15) is 5.56 Å². The van der Waals surface area contributed by atoms with E-state index in [0.29, 0.717) is 5.56 Å². The van der Waals surface area contributed by atoms with Crippen LogP contribution in [-0.2, 0) is 0 Å². The first-order chi connectivity index (χ1) is 7.77. The third kappa shape index (κ3) is 4.18. The van der Waals surface area contributed by atoms with Crippen LogP contribution in [0, 0.1) is 23.7 Å². The Balaban J connectivity index is 2.50. The summed E-state index contributed by atoms with van der Waals surface area (Å²) in [5.41, 5.74) is 1.52. The molecule has 1 rings (SSSR count). The van der Waals surface area contributed by atoms with Gasteiger partial charge in [-0.05, 0) is 18.2 Å². The minimum absolute atomic E-state index is 0.658. The lowest BCUT2D eigenvalue weighted by atomic mass is 10.2. The zero-order chi connectivity index (χ0) is 11.8. The number of nitrogens with one attached hydrogen (secondary N) is 1. The van der Waals surface area contributed by atoms with Gasteiger partial charge in [-0.2, -0.15) is 5.26 Å². The fraction of sp³-hybridized carbons (Fsp3) is 0.250. The van der Waals surface area contributed by atoms with Gasteiger partial charge in [0, 0.05) is 16.8 Å². The van der Waals surface area contributed by atoms with E-state index >= 15 is 0 Å². The first-order valence-corrected chi connectivity index (χ1v) is 6.67. The highest BCUT2D eigenvalue weighted by Gasteiger charge is 2.01. The summed E-state index contributed by atoms with van der Waals surface area (Å²) in [6.45, 7) is 0.803. The Morgan fingerprint density at radius 2 is 2.31 bits per heavy atom. The van der Waals surface area contributed by atoms with Gasteiger partial charge in [0.25, 0.3) is 0 Å². The van der Waals surface area contributed by atoms with Crippen molar-refractivity contribution in [3.63, 3.8) is 0 Å². The number of nitriles is 1. The maximum absolute atomic E-state index is 8.91. The molecule has 0 spiro atoms. The Morgan fingerprint density at radius 3 is 3.00 bits per heavy atom. The second kappa shape index (κ2) is 7.22. The Morgan fingerprint density at radius 1 is 1.50 bits per heavy atom. The summed E-state index contributed by atoms with van der Waals surface area (Å²) in [4.78, 5) is 0. The highest BCUT2D eigenvalue weighted by atomic mass is 79.9. The molecule has 0 bridgehead atoms. The van der Waals surface area contributed by atoms with E-state index in [-0.39, 0.29) is 0 Å². The Hall–Kier alpha value is -1.10. The van der Waals surface area contributed by atoms with Crippen molar-refractivity contribution in [1.82, 2.24) is 0 Å². The molecule has 1 aromatic carbocycles. The average Bonchev–Trinajstić information content (AvgIpc) is 2.29. The van der Waals surface area contributed by atoms with Crippen LogP contribution in [0.5, 0.6) is 0 Å². The van der Waals surface area contributed by atoms with Gasteiger partial charge in [0.2, 0.25) is 0 Å². The largest absolute Gasteiger partial charge is 0.383 e. The summed E-state index contributed by atoms with van der Waals surface area (Å²) in [5.74, 6) is 4.23. The third-order valence-corrected chi connectivity index (χ3v) is 3.21. The lowest BCUT2D eigenvalue weighted by Gasteiger charge is -2.07. The lowest BCUT2D eigenvalue weighted by Crippen LogP contribution is -2.05. The minimum atomic E-state index is 0.658. The normalized spacial score (nSPS) is 9.19. The first kappa shape index (κ1) is 13.0. The van der Waals surface area contributed by atoms with Crippen LogP contribution >= 0.6 is 27.7 Å². The molecule has 1 aromatic rings. The summed E-state index contributed by atoms with van der Waals surface area (Å²) < 4.78 is 0.963. The maximum atomic E-state index is 8.91. The number of thioether (sulfide) groups is 1. The minimum Gasteiger partial charge on any atom is -0.383 e. The molecular weight excluding hydrogens is 284 g/mol. The van der Waals surface area contributed by atoms with Gasteiger partial charge in [-0.25, -0.2) is 0 Å².